The van der Waals surface area contributed by atoms with Crippen molar-refractivity contribution in [3.63, 3.8) is 0 Å². The average molecular weight is 371 g/mol. The molecule has 0 radical (unpaired) electrons. The molecule has 0 spiro atoms. The van der Waals surface area contributed by atoms with Gasteiger partial charge in [0.1, 0.15) is 5.82 Å². The van der Waals surface area contributed by atoms with Crippen LogP contribution in [-0.2, 0) is 22.5 Å². The molecule has 1 aliphatic heterocycles. The zero-order valence-electron chi connectivity index (χ0n) is 15.9. The number of ether oxygens (including phenoxy) is 1. The summed E-state index contributed by atoms with van der Waals surface area (Å²) in [6, 6.07) is 1.68. The number of pyridine rings is 1. The van der Waals surface area contributed by atoms with Crippen LogP contribution in [0.3, 0.4) is 0 Å². The fraction of sp³-hybridized carbons (Fsp3) is 0.474. The van der Waals surface area contributed by atoms with Gasteiger partial charge in [0.15, 0.2) is 0 Å². The molecule has 1 atom stereocenters. The summed E-state index contributed by atoms with van der Waals surface area (Å²) >= 11 is 0. The molecule has 1 N–H and O–H groups in total. The Labute approximate surface area is 158 Å². The van der Waals surface area contributed by atoms with Crippen LogP contribution in [-0.4, -0.2) is 58.1 Å². The molecule has 0 bridgehead atoms. The minimum absolute atomic E-state index is 0.0493. The predicted molar refractivity (Wildman–Crippen MR) is 99.2 cm³/mol. The van der Waals surface area contributed by atoms with Gasteiger partial charge in [0.05, 0.1) is 30.3 Å². The van der Waals surface area contributed by atoms with Crippen molar-refractivity contribution in [1.29, 1.82) is 0 Å². The molecule has 27 heavy (non-hydrogen) atoms. The number of aromatic nitrogens is 3. The van der Waals surface area contributed by atoms with Gasteiger partial charge in [0, 0.05) is 45.3 Å². The Morgan fingerprint density at radius 1 is 1.33 bits per heavy atom. The minimum Gasteiger partial charge on any atom is -0.383 e. The molecule has 3 heterocycles. The maximum Gasteiger partial charge on any atom is 0.256 e. The highest BCUT2D eigenvalue weighted by Gasteiger charge is 2.30. The van der Waals surface area contributed by atoms with E-state index in [0.717, 1.165) is 11.4 Å². The van der Waals surface area contributed by atoms with E-state index in [4.69, 9.17) is 4.74 Å². The van der Waals surface area contributed by atoms with E-state index in [2.05, 4.69) is 15.3 Å². The monoisotopic (exact) mass is 371 g/mol. The number of fused-ring (bicyclic) bond motifs is 1. The van der Waals surface area contributed by atoms with Crippen LogP contribution in [0, 0.1) is 6.92 Å². The molecule has 0 aliphatic carbocycles. The van der Waals surface area contributed by atoms with Crippen molar-refractivity contribution in [2.24, 2.45) is 0 Å². The first kappa shape index (κ1) is 19.0. The van der Waals surface area contributed by atoms with E-state index in [1.807, 2.05) is 30.7 Å². The summed E-state index contributed by atoms with van der Waals surface area (Å²) in [5, 5.41) is 2.79. The first-order chi connectivity index (χ1) is 13.0. The highest BCUT2D eigenvalue weighted by Crippen LogP contribution is 2.26. The maximum atomic E-state index is 12.9. The largest absolute Gasteiger partial charge is 0.383 e. The topological polar surface area (TPSA) is 89.4 Å². The number of methoxy groups -OCH3 is 1. The summed E-state index contributed by atoms with van der Waals surface area (Å²) < 4.78 is 6.95. The Kier molecular flexibility index (Phi) is 5.85. The minimum atomic E-state index is -0.169. The molecule has 0 saturated heterocycles. The van der Waals surface area contributed by atoms with Gasteiger partial charge in [-0.05, 0) is 25.5 Å². The van der Waals surface area contributed by atoms with Crippen LogP contribution in [0.5, 0.6) is 0 Å². The summed E-state index contributed by atoms with van der Waals surface area (Å²) in [5.74, 6) is 0.663. The molecule has 3 rings (SSSR count). The third-order valence-electron chi connectivity index (χ3n) is 4.63. The third kappa shape index (κ3) is 4.33. The average Bonchev–Trinajstić information content (AvgIpc) is 3.05. The highest BCUT2D eigenvalue weighted by molar-refractivity contribution is 5.94. The number of carbonyl (C=O) groups is 2. The van der Waals surface area contributed by atoms with Crippen LogP contribution >= 0.6 is 0 Å². The van der Waals surface area contributed by atoms with Gasteiger partial charge >= 0.3 is 0 Å². The summed E-state index contributed by atoms with van der Waals surface area (Å²) in [6.07, 6.45) is 5.44. The zero-order chi connectivity index (χ0) is 19.4. The van der Waals surface area contributed by atoms with Gasteiger partial charge in [-0.2, -0.15) is 0 Å². The van der Waals surface area contributed by atoms with Gasteiger partial charge in [0.25, 0.3) is 5.91 Å². The molecule has 144 valence electrons. The number of hydrogen-bond donors (Lipinski definition) is 1. The molecule has 1 unspecified atom stereocenters. The zero-order valence-corrected chi connectivity index (χ0v) is 15.9. The number of aryl methyl sites for hydroxylation is 1. The maximum absolute atomic E-state index is 12.9. The van der Waals surface area contributed by atoms with E-state index in [1.165, 1.54) is 0 Å². The lowest BCUT2D eigenvalue weighted by atomic mass is 10.1. The van der Waals surface area contributed by atoms with Crippen molar-refractivity contribution in [2.75, 3.05) is 26.8 Å². The second-order valence-corrected chi connectivity index (χ2v) is 6.73. The van der Waals surface area contributed by atoms with Gasteiger partial charge in [-0.25, -0.2) is 4.98 Å². The second-order valence-electron chi connectivity index (χ2n) is 6.73. The van der Waals surface area contributed by atoms with Crippen LogP contribution in [0.4, 0.5) is 0 Å². The molecular formula is C19H25N5O3. The molecule has 0 aromatic carbocycles. The van der Waals surface area contributed by atoms with Gasteiger partial charge in [-0.1, -0.05) is 0 Å². The Morgan fingerprint density at radius 3 is 2.89 bits per heavy atom. The lowest BCUT2D eigenvalue weighted by molar-refractivity contribution is -0.120. The number of carbonyl (C=O) groups excluding carboxylic acids is 2. The summed E-state index contributed by atoms with van der Waals surface area (Å²) in [7, 11) is 1.59. The van der Waals surface area contributed by atoms with Gasteiger partial charge in [0.2, 0.25) is 5.91 Å². The van der Waals surface area contributed by atoms with E-state index in [9.17, 15) is 9.59 Å². The highest BCUT2D eigenvalue weighted by atomic mass is 16.5. The van der Waals surface area contributed by atoms with Crippen molar-refractivity contribution < 1.29 is 14.3 Å². The van der Waals surface area contributed by atoms with E-state index in [0.29, 0.717) is 37.5 Å². The molecule has 0 saturated carbocycles. The van der Waals surface area contributed by atoms with Gasteiger partial charge in [-0.15, -0.1) is 0 Å². The van der Waals surface area contributed by atoms with Crippen LogP contribution in [0.2, 0.25) is 0 Å². The van der Waals surface area contributed by atoms with E-state index in [-0.39, 0.29) is 24.3 Å². The summed E-state index contributed by atoms with van der Waals surface area (Å²) in [4.78, 5) is 35.4. The van der Waals surface area contributed by atoms with Gasteiger partial charge < -0.3 is 19.5 Å². The fourth-order valence-corrected chi connectivity index (χ4v) is 3.27. The predicted octanol–water partition coefficient (Wildman–Crippen LogP) is 1.11. The van der Waals surface area contributed by atoms with Crippen molar-refractivity contribution in [3.8, 4) is 0 Å². The molecule has 0 fully saturated rings. The number of rotatable bonds is 6. The second kappa shape index (κ2) is 8.30. The van der Waals surface area contributed by atoms with Crippen LogP contribution in [0.1, 0.15) is 40.4 Å². The molecular weight excluding hydrogens is 346 g/mol. The van der Waals surface area contributed by atoms with Crippen molar-refractivity contribution in [1.82, 2.24) is 24.8 Å². The molecule has 2 aromatic heterocycles. The molecule has 8 nitrogen and oxygen atoms in total. The molecule has 2 aromatic rings. The van der Waals surface area contributed by atoms with Crippen molar-refractivity contribution in [3.05, 3.63) is 47.3 Å². The quantitative estimate of drug-likeness (QED) is 0.769. The van der Waals surface area contributed by atoms with Crippen LogP contribution < -0.4 is 5.32 Å². The Bertz CT molecular complexity index is 833. The lowest BCUT2D eigenvalue weighted by Gasteiger charge is -2.33. The first-order valence-electron chi connectivity index (χ1n) is 9.03. The first-order valence-corrected chi connectivity index (χ1v) is 9.03. The normalized spacial score (nSPS) is 16.1. The van der Waals surface area contributed by atoms with Gasteiger partial charge in [-0.3, -0.25) is 14.6 Å². The summed E-state index contributed by atoms with van der Waals surface area (Å²) in [5.41, 5.74) is 2.24. The summed E-state index contributed by atoms with van der Waals surface area (Å²) in [6.45, 7) is 6.08. The third-order valence-corrected chi connectivity index (χ3v) is 4.63. The standard InChI is InChI=1S/C19H25N5O3/c1-13-8-15(11-20-10-13)19(26)24-6-5-23-12-16(22-18(23)14(24)2)9-17(25)21-4-7-27-3/h8,10-12,14H,4-7,9H2,1-3H3,(H,21,25). The van der Waals surface area contributed by atoms with Crippen LogP contribution in [0.25, 0.3) is 0 Å². The number of nitrogens with zero attached hydrogens (tertiary/aromatic N) is 4. The number of nitrogens with one attached hydrogen (secondary N) is 1. The van der Waals surface area contributed by atoms with Crippen LogP contribution in [0.15, 0.2) is 24.7 Å². The number of imidazole rings is 1. The Morgan fingerprint density at radius 2 is 2.15 bits per heavy atom. The van der Waals surface area contributed by atoms with Crippen molar-refractivity contribution in [2.45, 2.75) is 32.9 Å². The number of amides is 2. The Hall–Kier alpha value is -2.74. The van der Waals surface area contributed by atoms with E-state index < -0.39 is 0 Å². The Balaban J connectivity index is 1.70. The van der Waals surface area contributed by atoms with E-state index >= 15 is 0 Å². The lowest BCUT2D eigenvalue weighted by Crippen LogP contribution is -2.41. The van der Waals surface area contributed by atoms with Crippen molar-refractivity contribution >= 4 is 11.8 Å². The smallest absolute Gasteiger partial charge is 0.256 e. The number of hydrogen-bond acceptors (Lipinski definition) is 5. The molecule has 1 aliphatic rings. The molecule has 8 heteroatoms. The SMILES string of the molecule is COCCNC(=O)Cc1cn2c(n1)C(C)N(C(=O)c1cncc(C)c1)CC2. The van der Waals surface area contributed by atoms with E-state index in [1.54, 1.807) is 24.4 Å². The fourth-order valence-electron chi connectivity index (χ4n) is 3.27. The molecule has 2 amide bonds.